The van der Waals surface area contributed by atoms with Gasteiger partial charge in [-0.25, -0.2) is 0 Å². The lowest BCUT2D eigenvalue weighted by atomic mass is 9.86. The summed E-state index contributed by atoms with van der Waals surface area (Å²) in [5.41, 5.74) is 18.6. The normalized spacial score (nSPS) is 11.6. The number of furan rings is 2. The van der Waals surface area contributed by atoms with Crippen molar-refractivity contribution in [3.05, 3.63) is 254 Å². The molecule has 2 heteroatoms. The van der Waals surface area contributed by atoms with E-state index in [1.807, 2.05) is 0 Å². The van der Waals surface area contributed by atoms with Crippen LogP contribution in [0.3, 0.4) is 0 Å². The van der Waals surface area contributed by atoms with Crippen molar-refractivity contribution in [2.24, 2.45) is 0 Å². The fourth-order valence-corrected chi connectivity index (χ4v) is 11.3. The second kappa shape index (κ2) is 19.6. The fraction of sp³-hybridized carbons (Fsp3) is 0.0833. The molecular weight excluding hydrogens is 897 g/mol. The Bertz CT molecular complexity index is 4070. The minimum Gasteiger partial charge on any atom is -0.455 e. The molecule has 0 N–H and O–H groups in total. The zero-order chi connectivity index (χ0) is 49.4. The molecule has 0 fully saturated rings. The molecule has 0 bridgehead atoms. The van der Waals surface area contributed by atoms with Crippen LogP contribution in [0, 0.1) is 0 Å². The number of benzene rings is 11. The number of hydrogen-bond acceptors (Lipinski definition) is 2. The van der Waals surface area contributed by atoms with Crippen LogP contribution >= 0.6 is 0 Å². The molecule has 0 spiro atoms. The number of hydrogen-bond donors (Lipinski definition) is 0. The van der Waals surface area contributed by atoms with Gasteiger partial charge in [0.2, 0.25) is 0 Å². The van der Waals surface area contributed by atoms with Gasteiger partial charge in [-0.2, -0.15) is 0 Å². The molecular formula is C72H54O2. The lowest BCUT2D eigenvalue weighted by molar-refractivity contribution is 0.633. The first-order valence-corrected chi connectivity index (χ1v) is 26.2. The molecule has 74 heavy (non-hydrogen) atoms. The minimum atomic E-state index is 0.830. The molecule has 2 nitrogen and oxygen atoms in total. The maximum absolute atomic E-state index is 7.48. The van der Waals surface area contributed by atoms with E-state index < -0.39 is 0 Å². The first kappa shape index (κ1) is 44.9. The predicted octanol–water partition coefficient (Wildman–Crippen LogP) is 20.9. The molecule has 13 aromatic rings. The van der Waals surface area contributed by atoms with E-state index >= 15 is 0 Å². The van der Waals surface area contributed by atoms with Crippen LogP contribution in [0.2, 0.25) is 0 Å². The monoisotopic (exact) mass is 950 g/mol. The molecule has 354 valence electrons. The second-order valence-corrected chi connectivity index (χ2v) is 19.6. The Kier molecular flexibility index (Phi) is 11.9. The topological polar surface area (TPSA) is 26.3 Å². The number of aryl methyl sites for hydroxylation is 1. The minimum absolute atomic E-state index is 0.830. The van der Waals surface area contributed by atoms with Crippen molar-refractivity contribution >= 4 is 43.5 Å². The molecule has 0 aliphatic heterocycles. The van der Waals surface area contributed by atoms with E-state index in [0.717, 1.165) is 112 Å². The van der Waals surface area contributed by atoms with Gasteiger partial charge in [0.1, 0.15) is 22.7 Å². The molecule has 0 saturated heterocycles. The van der Waals surface area contributed by atoms with Crippen molar-refractivity contribution in [3.8, 4) is 89.4 Å². The van der Waals surface area contributed by atoms with Crippen molar-refractivity contribution in [1.82, 2.24) is 0 Å². The van der Waals surface area contributed by atoms with Gasteiger partial charge in [-0.15, -0.1) is 0 Å². The van der Waals surface area contributed by atoms with Gasteiger partial charge in [-0.3, -0.25) is 0 Å². The molecule has 0 aliphatic rings. The molecule has 0 aliphatic carbocycles. The van der Waals surface area contributed by atoms with Gasteiger partial charge in [-0.1, -0.05) is 257 Å². The average Bonchev–Trinajstić information content (AvgIpc) is 4.14. The number of unbranched alkanes of at least 4 members (excludes halogenated alkanes) is 3. The maximum Gasteiger partial charge on any atom is 0.144 e. The first-order valence-electron chi connectivity index (χ1n) is 26.2. The molecule has 13 rings (SSSR count). The van der Waals surface area contributed by atoms with Crippen molar-refractivity contribution in [3.63, 3.8) is 0 Å². The quantitative estimate of drug-likeness (QED) is 0.108. The highest BCUT2D eigenvalue weighted by Gasteiger charge is 2.29. The Labute approximate surface area is 432 Å². The Morgan fingerprint density at radius 3 is 1.30 bits per heavy atom. The third kappa shape index (κ3) is 8.19. The molecule has 0 atom stereocenters. The van der Waals surface area contributed by atoms with Crippen LogP contribution in [0.5, 0.6) is 0 Å². The largest absolute Gasteiger partial charge is 0.455 e. The van der Waals surface area contributed by atoms with Crippen molar-refractivity contribution < 1.29 is 8.83 Å². The summed E-state index contributed by atoms with van der Waals surface area (Å²) >= 11 is 0. The van der Waals surface area contributed by atoms with Crippen LogP contribution in [-0.2, 0) is 6.42 Å². The molecule has 11 aromatic carbocycles. The van der Waals surface area contributed by atoms with Gasteiger partial charge in [-0.05, 0) is 103 Å². The average molecular weight is 951 g/mol. The zero-order valence-corrected chi connectivity index (χ0v) is 41.5. The van der Waals surface area contributed by atoms with Gasteiger partial charge in [0.15, 0.2) is 0 Å². The highest BCUT2D eigenvalue weighted by molar-refractivity contribution is 6.29. The summed E-state index contributed by atoms with van der Waals surface area (Å²) in [6.07, 6.45) is 6.00. The van der Waals surface area contributed by atoms with Gasteiger partial charge in [0.05, 0.1) is 0 Å². The van der Waals surface area contributed by atoms with E-state index in [1.165, 1.54) is 58.7 Å². The van der Waals surface area contributed by atoms with Crippen LogP contribution < -0.4 is 0 Å². The maximum atomic E-state index is 7.48. The van der Waals surface area contributed by atoms with E-state index in [9.17, 15) is 0 Å². The summed E-state index contributed by atoms with van der Waals surface area (Å²) in [6.45, 7) is 2.28. The third-order valence-electron chi connectivity index (χ3n) is 15.0. The highest BCUT2D eigenvalue weighted by Crippen LogP contribution is 2.53. The Morgan fingerprint density at radius 2 is 0.743 bits per heavy atom. The number of rotatable bonds is 13. The van der Waals surface area contributed by atoms with E-state index in [4.69, 9.17) is 8.83 Å². The first-order chi connectivity index (χ1) is 36.7. The summed E-state index contributed by atoms with van der Waals surface area (Å²) in [7, 11) is 0. The summed E-state index contributed by atoms with van der Waals surface area (Å²) in [5.74, 6) is 1.68. The van der Waals surface area contributed by atoms with Gasteiger partial charge < -0.3 is 8.83 Å². The third-order valence-corrected chi connectivity index (χ3v) is 15.0. The molecule has 0 amide bonds. The van der Waals surface area contributed by atoms with Crippen molar-refractivity contribution in [2.45, 2.75) is 39.0 Å². The van der Waals surface area contributed by atoms with E-state index in [0.29, 0.717) is 0 Å². The smallest absolute Gasteiger partial charge is 0.144 e. The van der Waals surface area contributed by atoms with E-state index in [1.54, 1.807) is 0 Å². The number of fused-ring (bicyclic) bond motifs is 6. The molecule has 2 aromatic heterocycles. The van der Waals surface area contributed by atoms with Crippen LogP contribution in [-0.4, -0.2) is 0 Å². The Morgan fingerprint density at radius 1 is 0.297 bits per heavy atom. The van der Waals surface area contributed by atoms with Crippen LogP contribution in [0.1, 0.15) is 38.2 Å². The summed E-state index contributed by atoms with van der Waals surface area (Å²) in [6, 6.07) is 90.0. The lowest BCUT2D eigenvalue weighted by Crippen LogP contribution is -1.91. The van der Waals surface area contributed by atoms with Crippen molar-refractivity contribution in [2.75, 3.05) is 0 Å². The van der Waals surface area contributed by atoms with Gasteiger partial charge >= 0.3 is 0 Å². The van der Waals surface area contributed by atoms with Crippen LogP contribution in [0.15, 0.2) is 258 Å². The van der Waals surface area contributed by atoms with Crippen molar-refractivity contribution in [1.29, 1.82) is 0 Å². The summed E-state index contributed by atoms with van der Waals surface area (Å²) in [5, 5.41) is 6.65. The Balaban J connectivity index is 1.11. The summed E-state index contributed by atoms with van der Waals surface area (Å²) < 4.78 is 15.0. The van der Waals surface area contributed by atoms with Crippen LogP contribution in [0.25, 0.3) is 133 Å². The Hall–Kier alpha value is -8.98. The van der Waals surface area contributed by atoms with Gasteiger partial charge in [0, 0.05) is 43.8 Å². The SMILES string of the molecule is CCCCCCc1ccc(-c2cc3c(-c4ccccc4)c(-c4ccccc4)oc3c3c(-c4ccc(-c5cccc(-c6cccc7ccccc67)c5)cc4)cc4c(-c5ccccc5)c(-c5ccccc5)oc4c23)cc1. The fourth-order valence-electron chi connectivity index (χ4n) is 11.3. The van der Waals surface area contributed by atoms with Crippen LogP contribution in [0.4, 0.5) is 0 Å². The van der Waals surface area contributed by atoms with E-state index in [2.05, 4.69) is 256 Å². The lowest BCUT2D eigenvalue weighted by Gasteiger charge is -2.15. The molecule has 0 saturated carbocycles. The van der Waals surface area contributed by atoms with Gasteiger partial charge in [0.25, 0.3) is 0 Å². The molecule has 2 heterocycles. The highest BCUT2D eigenvalue weighted by atomic mass is 16.3. The molecule has 0 radical (unpaired) electrons. The van der Waals surface area contributed by atoms with E-state index in [-0.39, 0.29) is 0 Å². The predicted molar refractivity (Wildman–Crippen MR) is 312 cm³/mol. The standard InChI is InChI=1S/C72H54O2/c1-2-3-4-9-22-48-37-39-51(40-38-48)61-46-63-65(53-24-10-5-11-25-53)69(55-28-14-7-15-29-55)74-72(63)68-62(47-64-66(54-26-12-6-13-27-54)70(73-71(64)67(61)68)56-30-16-8-17-31-56)52-43-41-49(42-44-52)57-33-20-34-58(45-57)60-36-21-32-50-23-18-19-35-59(50)60/h5-8,10-21,23-47H,2-4,9,22H2,1H3. The second-order valence-electron chi connectivity index (χ2n) is 19.6. The zero-order valence-electron chi connectivity index (χ0n) is 41.5. The molecule has 0 unspecified atom stereocenters. The summed E-state index contributed by atoms with van der Waals surface area (Å²) in [4.78, 5) is 0.